The number of nitrogen functional groups attached to an aromatic ring is 1. The predicted octanol–water partition coefficient (Wildman–Crippen LogP) is 0.843. The van der Waals surface area contributed by atoms with Crippen molar-refractivity contribution >= 4 is 21.7 Å². The summed E-state index contributed by atoms with van der Waals surface area (Å²) < 4.78 is 30.2. The van der Waals surface area contributed by atoms with Crippen LogP contribution >= 0.6 is 0 Å². The Morgan fingerprint density at radius 1 is 1.21 bits per heavy atom. The van der Waals surface area contributed by atoms with Crippen molar-refractivity contribution in [3.8, 4) is 0 Å². The van der Waals surface area contributed by atoms with Gasteiger partial charge in [0.15, 0.2) is 5.82 Å². The summed E-state index contributed by atoms with van der Waals surface area (Å²) in [6.07, 6.45) is 3.97. The summed E-state index contributed by atoms with van der Waals surface area (Å²) >= 11 is 0. The van der Waals surface area contributed by atoms with Crippen molar-refractivity contribution in [2.75, 3.05) is 23.5 Å². The third-order valence-electron chi connectivity index (χ3n) is 3.40. The maximum Gasteiger partial charge on any atom is 0.302 e. The Kier molecular flexibility index (Phi) is 4.00. The highest BCUT2D eigenvalue weighted by Gasteiger charge is 2.25. The topological polar surface area (TPSA) is 93.2 Å². The van der Waals surface area contributed by atoms with E-state index in [1.807, 2.05) is 0 Å². The summed E-state index contributed by atoms with van der Waals surface area (Å²) in [4.78, 5) is 0. The van der Waals surface area contributed by atoms with Crippen molar-refractivity contribution in [3.05, 3.63) is 5.69 Å². The first-order valence-electron chi connectivity index (χ1n) is 6.49. The van der Waals surface area contributed by atoms with E-state index >= 15 is 0 Å². The average molecular weight is 287 g/mol. The van der Waals surface area contributed by atoms with Crippen molar-refractivity contribution in [2.45, 2.75) is 32.6 Å². The van der Waals surface area contributed by atoms with Gasteiger partial charge in [-0.15, -0.1) is 0 Å². The van der Waals surface area contributed by atoms with E-state index in [0.29, 0.717) is 30.3 Å². The third-order valence-corrected chi connectivity index (χ3v) is 4.90. The number of nitrogens with zero attached hydrogens (tertiary/aromatic N) is 3. The van der Waals surface area contributed by atoms with Gasteiger partial charge in [0.1, 0.15) is 0 Å². The lowest BCUT2D eigenvalue weighted by molar-refractivity contribution is 0.427. The molecule has 108 valence electrons. The second-order valence-electron chi connectivity index (χ2n) is 4.89. The van der Waals surface area contributed by atoms with Crippen molar-refractivity contribution in [1.29, 1.82) is 0 Å². The molecule has 0 saturated carbocycles. The molecule has 0 radical (unpaired) electrons. The molecule has 1 aromatic heterocycles. The van der Waals surface area contributed by atoms with Gasteiger partial charge in [-0.3, -0.25) is 4.72 Å². The van der Waals surface area contributed by atoms with Crippen LogP contribution in [0.15, 0.2) is 0 Å². The second-order valence-corrected chi connectivity index (χ2v) is 6.56. The zero-order valence-corrected chi connectivity index (χ0v) is 12.2. The van der Waals surface area contributed by atoms with Gasteiger partial charge in [0.05, 0.1) is 11.4 Å². The lowest BCUT2D eigenvalue weighted by atomic mass is 10.2. The second kappa shape index (κ2) is 5.38. The van der Waals surface area contributed by atoms with Gasteiger partial charge in [0.2, 0.25) is 0 Å². The molecule has 1 aliphatic heterocycles. The third kappa shape index (κ3) is 3.01. The molecule has 1 saturated heterocycles. The minimum atomic E-state index is -3.55. The van der Waals surface area contributed by atoms with Crippen molar-refractivity contribution in [2.24, 2.45) is 7.05 Å². The summed E-state index contributed by atoms with van der Waals surface area (Å²) in [5, 5.41) is 4.10. The quantitative estimate of drug-likeness (QED) is 0.861. The van der Waals surface area contributed by atoms with Gasteiger partial charge in [-0.2, -0.15) is 17.8 Å². The Morgan fingerprint density at radius 2 is 1.79 bits per heavy atom. The van der Waals surface area contributed by atoms with Crippen LogP contribution in [0.4, 0.5) is 11.5 Å². The number of rotatable bonds is 3. The van der Waals surface area contributed by atoms with Crippen LogP contribution in [0.5, 0.6) is 0 Å². The molecule has 19 heavy (non-hydrogen) atoms. The first-order chi connectivity index (χ1) is 8.92. The van der Waals surface area contributed by atoms with Gasteiger partial charge in [-0.25, -0.2) is 4.68 Å². The van der Waals surface area contributed by atoms with Crippen LogP contribution in [-0.2, 0) is 17.3 Å². The standard InChI is InChI=1S/C11H21N5O2S/c1-9-10(12)11(15(2)13-9)14-19(17,18)16-7-5-3-4-6-8-16/h14H,3-8,12H2,1-2H3. The predicted molar refractivity (Wildman–Crippen MR) is 74.9 cm³/mol. The van der Waals surface area contributed by atoms with Crippen LogP contribution in [0.2, 0.25) is 0 Å². The number of nitrogens with two attached hydrogens (primary N) is 1. The van der Waals surface area contributed by atoms with Crippen LogP contribution in [0.25, 0.3) is 0 Å². The summed E-state index contributed by atoms with van der Waals surface area (Å²) in [7, 11) is -1.88. The normalized spacial score (nSPS) is 18.2. The molecule has 0 aliphatic carbocycles. The number of nitrogens with one attached hydrogen (secondary N) is 1. The van der Waals surface area contributed by atoms with E-state index in [1.165, 1.54) is 8.99 Å². The average Bonchev–Trinajstić information content (AvgIpc) is 2.60. The molecule has 1 fully saturated rings. The highest BCUT2D eigenvalue weighted by molar-refractivity contribution is 7.90. The molecule has 2 rings (SSSR count). The lowest BCUT2D eigenvalue weighted by Gasteiger charge is -2.20. The van der Waals surface area contributed by atoms with Gasteiger partial charge in [-0.1, -0.05) is 12.8 Å². The number of aromatic nitrogens is 2. The number of aryl methyl sites for hydroxylation is 2. The summed E-state index contributed by atoms with van der Waals surface area (Å²) in [6.45, 7) is 2.87. The summed E-state index contributed by atoms with van der Waals surface area (Å²) in [5.74, 6) is 0.335. The highest BCUT2D eigenvalue weighted by Crippen LogP contribution is 2.23. The van der Waals surface area contributed by atoms with Crippen molar-refractivity contribution in [3.63, 3.8) is 0 Å². The first-order valence-corrected chi connectivity index (χ1v) is 7.93. The molecule has 0 bridgehead atoms. The molecule has 0 amide bonds. The van der Waals surface area contributed by atoms with Crippen LogP contribution in [0.1, 0.15) is 31.4 Å². The Labute approximate surface area is 113 Å². The Hall–Kier alpha value is -1.28. The van der Waals surface area contributed by atoms with Crippen molar-refractivity contribution < 1.29 is 8.42 Å². The van der Waals surface area contributed by atoms with Crippen LogP contribution in [-0.4, -0.2) is 35.6 Å². The SMILES string of the molecule is Cc1nn(C)c(NS(=O)(=O)N2CCCCCC2)c1N. The molecule has 2 heterocycles. The summed E-state index contributed by atoms with van der Waals surface area (Å²) in [6, 6.07) is 0. The van der Waals surface area contributed by atoms with E-state index in [-0.39, 0.29) is 0 Å². The molecule has 0 atom stereocenters. The molecule has 7 nitrogen and oxygen atoms in total. The fourth-order valence-electron chi connectivity index (χ4n) is 2.26. The Morgan fingerprint density at radius 3 is 2.26 bits per heavy atom. The van der Waals surface area contributed by atoms with E-state index < -0.39 is 10.2 Å². The van der Waals surface area contributed by atoms with E-state index in [1.54, 1.807) is 14.0 Å². The summed E-state index contributed by atoms with van der Waals surface area (Å²) in [5.41, 5.74) is 6.84. The van der Waals surface area contributed by atoms with Crippen molar-refractivity contribution in [1.82, 2.24) is 14.1 Å². The van der Waals surface area contributed by atoms with E-state index in [4.69, 9.17) is 5.73 Å². The minimum absolute atomic E-state index is 0.335. The number of hydrogen-bond donors (Lipinski definition) is 2. The highest BCUT2D eigenvalue weighted by atomic mass is 32.2. The van der Waals surface area contributed by atoms with Gasteiger partial charge in [-0.05, 0) is 19.8 Å². The Bertz CT molecular complexity index is 544. The maximum absolute atomic E-state index is 12.3. The molecule has 0 unspecified atom stereocenters. The van der Waals surface area contributed by atoms with E-state index in [2.05, 4.69) is 9.82 Å². The van der Waals surface area contributed by atoms with Gasteiger partial charge >= 0.3 is 10.2 Å². The molecule has 0 spiro atoms. The minimum Gasteiger partial charge on any atom is -0.394 e. The molecular formula is C11H21N5O2S. The van der Waals surface area contributed by atoms with Gasteiger partial charge < -0.3 is 5.73 Å². The molecular weight excluding hydrogens is 266 g/mol. The van der Waals surface area contributed by atoms with E-state index in [0.717, 1.165) is 25.7 Å². The molecule has 1 aliphatic rings. The molecule has 3 N–H and O–H groups in total. The molecule has 0 aromatic carbocycles. The monoisotopic (exact) mass is 287 g/mol. The Balaban J connectivity index is 2.20. The fraction of sp³-hybridized carbons (Fsp3) is 0.727. The maximum atomic E-state index is 12.3. The lowest BCUT2D eigenvalue weighted by Crippen LogP contribution is -2.37. The van der Waals surface area contributed by atoms with Crippen LogP contribution in [0, 0.1) is 6.92 Å². The first kappa shape index (κ1) is 14.1. The largest absolute Gasteiger partial charge is 0.394 e. The smallest absolute Gasteiger partial charge is 0.302 e. The van der Waals surface area contributed by atoms with Gasteiger partial charge in [0, 0.05) is 20.1 Å². The fourth-order valence-corrected chi connectivity index (χ4v) is 3.62. The zero-order valence-electron chi connectivity index (χ0n) is 11.4. The number of anilines is 2. The number of hydrogen-bond acceptors (Lipinski definition) is 4. The van der Waals surface area contributed by atoms with Crippen LogP contribution < -0.4 is 10.5 Å². The zero-order chi connectivity index (χ0) is 14.0. The van der Waals surface area contributed by atoms with Crippen LogP contribution in [0.3, 0.4) is 0 Å². The van der Waals surface area contributed by atoms with Gasteiger partial charge in [0.25, 0.3) is 0 Å². The van der Waals surface area contributed by atoms with E-state index in [9.17, 15) is 8.42 Å². The molecule has 1 aromatic rings. The molecule has 8 heteroatoms.